The zero-order valence-electron chi connectivity index (χ0n) is 6.30. The standard InChI is InChI=1S/C10H10O/c11-10-7-4-2-1-3-6(7)8-5-9(8)10/h2,4,8,11H,1,3,5H2. The van der Waals surface area contributed by atoms with Crippen molar-refractivity contribution in [2.45, 2.75) is 19.3 Å². The van der Waals surface area contributed by atoms with Gasteiger partial charge in [-0.2, -0.15) is 0 Å². The summed E-state index contributed by atoms with van der Waals surface area (Å²) in [5.41, 5.74) is 3.93. The van der Waals surface area contributed by atoms with E-state index in [-0.39, 0.29) is 0 Å². The Morgan fingerprint density at radius 3 is 3.09 bits per heavy atom. The largest absolute Gasteiger partial charge is 0.507 e. The van der Waals surface area contributed by atoms with Crippen LogP contribution in [0.25, 0.3) is 0 Å². The number of fused-ring (bicyclic) bond motifs is 2. The number of rotatable bonds is 0. The van der Waals surface area contributed by atoms with E-state index in [1.54, 1.807) is 0 Å². The molecule has 0 saturated heterocycles. The Morgan fingerprint density at radius 2 is 2.27 bits per heavy atom. The highest BCUT2D eigenvalue weighted by Gasteiger charge is 2.43. The zero-order chi connectivity index (χ0) is 7.42. The van der Waals surface area contributed by atoms with E-state index in [4.69, 9.17) is 0 Å². The summed E-state index contributed by atoms with van der Waals surface area (Å²) in [6.45, 7) is 0. The Labute approximate surface area is 65.7 Å². The number of aliphatic hydroxyl groups is 1. The van der Waals surface area contributed by atoms with Crippen molar-refractivity contribution in [1.29, 1.82) is 0 Å². The first-order valence-corrected chi connectivity index (χ1v) is 4.20. The minimum Gasteiger partial charge on any atom is -0.507 e. The maximum Gasteiger partial charge on any atom is 0.122 e. The molecule has 56 valence electrons. The molecule has 1 nitrogen and oxygen atoms in total. The van der Waals surface area contributed by atoms with Crippen LogP contribution in [0.15, 0.2) is 34.6 Å². The summed E-state index contributed by atoms with van der Waals surface area (Å²) in [5.74, 6) is 1.26. The highest BCUT2D eigenvalue weighted by atomic mass is 16.3. The maximum absolute atomic E-state index is 9.61. The Kier molecular flexibility index (Phi) is 0.823. The summed E-state index contributed by atoms with van der Waals surface area (Å²) in [6, 6.07) is 0. The topological polar surface area (TPSA) is 20.2 Å². The van der Waals surface area contributed by atoms with Gasteiger partial charge in [0.05, 0.1) is 0 Å². The van der Waals surface area contributed by atoms with Gasteiger partial charge in [0.1, 0.15) is 5.76 Å². The Bertz CT molecular complexity index is 318. The van der Waals surface area contributed by atoms with Gasteiger partial charge >= 0.3 is 0 Å². The van der Waals surface area contributed by atoms with E-state index >= 15 is 0 Å². The van der Waals surface area contributed by atoms with Gasteiger partial charge in [0.2, 0.25) is 0 Å². The fourth-order valence-electron chi connectivity index (χ4n) is 2.20. The first-order chi connectivity index (χ1) is 5.38. The summed E-state index contributed by atoms with van der Waals surface area (Å²) in [5, 5.41) is 9.61. The summed E-state index contributed by atoms with van der Waals surface area (Å²) in [7, 11) is 0. The van der Waals surface area contributed by atoms with Crippen molar-refractivity contribution in [3.8, 4) is 0 Å². The first-order valence-electron chi connectivity index (χ1n) is 4.20. The van der Waals surface area contributed by atoms with Gasteiger partial charge in [-0.15, -0.1) is 0 Å². The predicted octanol–water partition coefficient (Wildman–Crippen LogP) is 2.48. The van der Waals surface area contributed by atoms with Crippen molar-refractivity contribution in [3.05, 3.63) is 34.6 Å². The quantitative estimate of drug-likeness (QED) is 0.556. The molecule has 1 N–H and O–H groups in total. The third-order valence-electron chi connectivity index (χ3n) is 2.88. The Balaban J connectivity index is 2.14. The smallest absolute Gasteiger partial charge is 0.122 e. The Morgan fingerprint density at radius 1 is 1.36 bits per heavy atom. The molecule has 0 radical (unpaired) electrons. The summed E-state index contributed by atoms with van der Waals surface area (Å²) in [4.78, 5) is 0. The maximum atomic E-state index is 9.61. The van der Waals surface area contributed by atoms with Crippen LogP contribution in [0.4, 0.5) is 0 Å². The third kappa shape index (κ3) is 0.566. The Hall–Kier alpha value is -0.980. The van der Waals surface area contributed by atoms with Crippen LogP contribution in [0.1, 0.15) is 19.3 Å². The molecule has 3 rings (SSSR count). The van der Waals surface area contributed by atoms with Gasteiger partial charge in [-0.3, -0.25) is 0 Å². The third-order valence-corrected chi connectivity index (χ3v) is 2.88. The second-order valence-electron chi connectivity index (χ2n) is 3.51. The molecule has 1 saturated carbocycles. The van der Waals surface area contributed by atoms with E-state index in [0.717, 1.165) is 18.4 Å². The number of aliphatic hydroxyl groups excluding tert-OH is 1. The molecule has 1 heteroatoms. The van der Waals surface area contributed by atoms with Crippen LogP contribution in [0.2, 0.25) is 0 Å². The van der Waals surface area contributed by atoms with E-state index in [9.17, 15) is 5.11 Å². The number of allylic oxidation sites excluding steroid dienone is 4. The summed E-state index contributed by atoms with van der Waals surface area (Å²) < 4.78 is 0. The van der Waals surface area contributed by atoms with Gasteiger partial charge in [0.25, 0.3) is 0 Å². The van der Waals surface area contributed by atoms with Crippen LogP contribution in [-0.2, 0) is 0 Å². The van der Waals surface area contributed by atoms with Crippen LogP contribution in [0.3, 0.4) is 0 Å². The van der Waals surface area contributed by atoms with E-state index in [1.165, 1.54) is 17.6 Å². The highest BCUT2D eigenvalue weighted by Crippen LogP contribution is 2.55. The van der Waals surface area contributed by atoms with Gasteiger partial charge < -0.3 is 5.11 Å². The normalized spacial score (nSPS) is 32.5. The van der Waals surface area contributed by atoms with Crippen molar-refractivity contribution < 1.29 is 5.11 Å². The van der Waals surface area contributed by atoms with Gasteiger partial charge in [0.15, 0.2) is 0 Å². The zero-order valence-corrected chi connectivity index (χ0v) is 6.30. The fraction of sp³-hybridized carbons (Fsp3) is 0.400. The molecule has 3 aliphatic rings. The molecule has 1 unspecified atom stereocenters. The predicted molar refractivity (Wildman–Crippen MR) is 43.2 cm³/mol. The molecule has 0 bridgehead atoms. The van der Waals surface area contributed by atoms with Crippen molar-refractivity contribution >= 4 is 0 Å². The summed E-state index contributed by atoms with van der Waals surface area (Å²) >= 11 is 0. The molecule has 3 aliphatic carbocycles. The van der Waals surface area contributed by atoms with Crippen LogP contribution in [0, 0.1) is 5.92 Å². The minimum atomic E-state index is 0.598. The van der Waals surface area contributed by atoms with Crippen LogP contribution in [0.5, 0.6) is 0 Å². The molecule has 1 atom stereocenters. The van der Waals surface area contributed by atoms with Crippen molar-refractivity contribution in [2.75, 3.05) is 0 Å². The molecule has 0 spiro atoms. The average Bonchev–Trinajstić information content (AvgIpc) is 2.78. The van der Waals surface area contributed by atoms with Crippen LogP contribution < -0.4 is 0 Å². The molecule has 1 fully saturated rings. The van der Waals surface area contributed by atoms with Crippen molar-refractivity contribution in [3.63, 3.8) is 0 Å². The van der Waals surface area contributed by atoms with Crippen LogP contribution >= 0.6 is 0 Å². The highest BCUT2D eigenvalue weighted by molar-refractivity contribution is 5.59. The lowest BCUT2D eigenvalue weighted by atomic mass is 9.96. The number of hydrogen-bond acceptors (Lipinski definition) is 1. The lowest BCUT2D eigenvalue weighted by Gasteiger charge is -2.10. The molecule has 11 heavy (non-hydrogen) atoms. The van der Waals surface area contributed by atoms with Crippen molar-refractivity contribution in [1.82, 2.24) is 0 Å². The number of hydrogen-bond donors (Lipinski definition) is 1. The molecule has 0 aliphatic heterocycles. The molecular formula is C10H10O. The molecule has 0 aromatic heterocycles. The second-order valence-corrected chi connectivity index (χ2v) is 3.51. The van der Waals surface area contributed by atoms with Gasteiger partial charge in [0, 0.05) is 11.5 Å². The van der Waals surface area contributed by atoms with Crippen LogP contribution in [-0.4, -0.2) is 5.11 Å². The van der Waals surface area contributed by atoms with Gasteiger partial charge in [-0.25, -0.2) is 0 Å². The monoisotopic (exact) mass is 146 g/mol. The van der Waals surface area contributed by atoms with E-state index in [0.29, 0.717) is 11.7 Å². The van der Waals surface area contributed by atoms with E-state index in [2.05, 4.69) is 12.2 Å². The fourth-order valence-corrected chi connectivity index (χ4v) is 2.20. The molecule has 0 amide bonds. The average molecular weight is 146 g/mol. The molecular weight excluding hydrogens is 136 g/mol. The SMILES string of the molecule is OC1=C2CC2C2=C1C=CCC2. The lowest BCUT2D eigenvalue weighted by Crippen LogP contribution is -1.94. The molecule has 0 aromatic rings. The lowest BCUT2D eigenvalue weighted by molar-refractivity contribution is 0.424. The van der Waals surface area contributed by atoms with Crippen molar-refractivity contribution in [2.24, 2.45) is 5.92 Å². The van der Waals surface area contributed by atoms with E-state index < -0.39 is 0 Å². The second kappa shape index (κ2) is 1.60. The first kappa shape index (κ1) is 5.64. The van der Waals surface area contributed by atoms with Gasteiger partial charge in [-0.1, -0.05) is 17.7 Å². The molecule has 0 aromatic carbocycles. The minimum absolute atomic E-state index is 0.598. The van der Waals surface area contributed by atoms with Gasteiger partial charge in [-0.05, 0) is 24.8 Å². The van der Waals surface area contributed by atoms with E-state index in [1.807, 2.05) is 0 Å². The molecule has 0 heterocycles. The summed E-state index contributed by atoms with van der Waals surface area (Å²) in [6.07, 6.45) is 7.70.